The van der Waals surface area contributed by atoms with Crippen LogP contribution in [-0.4, -0.2) is 14.6 Å². The van der Waals surface area contributed by atoms with E-state index in [2.05, 4.69) is 15.5 Å². The van der Waals surface area contributed by atoms with E-state index in [-0.39, 0.29) is 5.82 Å². The number of aromatic nitrogens is 3. The molecule has 3 aromatic rings. The lowest BCUT2D eigenvalue weighted by Gasteiger charge is -2.05. The van der Waals surface area contributed by atoms with Crippen LogP contribution in [0.3, 0.4) is 0 Å². The van der Waals surface area contributed by atoms with Gasteiger partial charge >= 0.3 is 0 Å². The van der Waals surface area contributed by atoms with Gasteiger partial charge in [-0.25, -0.2) is 15.2 Å². The second-order valence-corrected chi connectivity index (χ2v) is 4.23. The van der Waals surface area contributed by atoms with Gasteiger partial charge in [0.2, 0.25) is 0 Å². The van der Waals surface area contributed by atoms with E-state index in [1.54, 1.807) is 28.9 Å². The SMILES string of the molecule is Cc1cc(NN)n2ncc(-c3ccc(F)cc3)c2n1. The Labute approximate surface area is 108 Å². The predicted molar refractivity (Wildman–Crippen MR) is 70.9 cm³/mol. The van der Waals surface area contributed by atoms with E-state index in [0.717, 1.165) is 16.8 Å². The van der Waals surface area contributed by atoms with Gasteiger partial charge in [0.1, 0.15) is 11.6 Å². The summed E-state index contributed by atoms with van der Waals surface area (Å²) in [6.07, 6.45) is 1.69. The highest BCUT2D eigenvalue weighted by molar-refractivity contribution is 5.78. The van der Waals surface area contributed by atoms with Gasteiger partial charge < -0.3 is 5.43 Å². The van der Waals surface area contributed by atoms with E-state index in [9.17, 15) is 4.39 Å². The molecule has 0 radical (unpaired) electrons. The van der Waals surface area contributed by atoms with Crippen molar-refractivity contribution < 1.29 is 4.39 Å². The van der Waals surface area contributed by atoms with Crippen molar-refractivity contribution in [2.75, 3.05) is 5.43 Å². The maximum Gasteiger partial charge on any atom is 0.165 e. The second kappa shape index (κ2) is 4.33. The number of benzene rings is 1. The first-order valence-electron chi connectivity index (χ1n) is 5.77. The van der Waals surface area contributed by atoms with Crippen molar-refractivity contribution in [3.05, 3.63) is 48.0 Å². The molecule has 19 heavy (non-hydrogen) atoms. The van der Waals surface area contributed by atoms with E-state index in [0.29, 0.717) is 11.5 Å². The molecule has 0 saturated heterocycles. The monoisotopic (exact) mass is 257 g/mol. The van der Waals surface area contributed by atoms with Gasteiger partial charge in [0.15, 0.2) is 5.65 Å². The Hall–Kier alpha value is -2.47. The van der Waals surface area contributed by atoms with Crippen molar-refractivity contribution in [3.8, 4) is 11.1 Å². The van der Waals surface area contributed by atoms with E-state index < -0.39 is 0 Å². The first-order valence-corrected chi connectivity index (χ1v) is 5.77. The van der Waals surface area contributed by atoms with Gasteiger partial charge in [-0.3, -0.25) is 0 Å². The lowest BCUT2D eigenvalue weighted by Crippen LogP contribution is -2.12. The quantitative estimate of drug-likeness (QED) is 0.545. The summed E-state index contributed by atoms with van der Waals surface area (Å²) in [5.74, 6) is 5.84. The highest BCUT2D eigenvalue weighted by Crippen LogP contribution is 2.25. The molecule has 0 saturated carbocycles. The Morgan fingerprint density at radius 1 is 1.26 bits per heavy atom. The summed E-state index contributed by atoms with van der Waals surface area (Å²) < 4.78 is 14.6. The van der Waals surface area contributed by atoms with E-state index in [1.165, 1.54) is 12.1 Å². The molecule has 0 aliphatic heterocycles. The highest BCUT2D eigenvalue weighted by atomic mass is 19.1. The molecule has 5 nitrogen and oxygen atoms in total. The Balaban J connectivity index is 2.25. The molecule has 3 rings (SSSR count). The molecule has 0 atom stereocenters. The first kappa shape index (κ1) is 11.6. The second-order valence-electron chi connectivity index (χ2n) is 4.23. The van der Waals surface area contributed by atoms with Crippen LogP contribution in [0, 0.1) is 12.7 Å². The third-order valence-corrected chi connectivity index (χ3v) is 2.90. The summed E-state index contributed by atoms with van der Waals surface area (Å²) in [6.45, 7) is 1.88. The number of halogens is 1. The zero-order chi connectivity index (χ0) is 13.4. The standard InChI is InChI=1S/C13H12FN5/c1-8-6-12(18-15)19-13(17-8)11(7-16-19)9-2-4-10(14)5-3-9/h2-7,18H,15H2,1H3. The summed E-state index contributed by atoms with van der Waals surface area (Å²) in [5.41, 5.74) is 5.78. The van der Waals surface area contributed by atoms with Crippen LogP contribution in [0.2, 0.25) is 0 Å². The maximum absolute atomic E-state index is 13.0. The molecule has 0 bridgehead atoms. The molecule has 0 spiro atoms. The Kier molecular flexibility index (Phi) is 2.64. The van der Waals surface area contributed by atoms with Crippen LogP contribution in [0.5, 0.6) is 0 Å². The van der Waals surface area contributed by atoms with Gasteiger partial charge in [-0.15, -0.1) is 0 Å². The maximum atomic E-state index is 13.0. The van der Waals surface area contributed by atoms with Gasteiger partial charge in [-0.05, 0) is 24.6 Å². The number of nitrogen functional groups attached to an aromatic ring is 1. The van der Waals surface area contributed by atoms with Crippen molar-refractivity contribution in [3.63, 3.8) is 0 Å². The molecule has 0 amide bonds. The molecule has 0 unspecified atom stereocenters. The zero-order valence-electron chi connectivity index (χ0n) is 10.3. The highest BCUT2D eigenvalue weighted by Gasteiger charge is 2.11. The van der Waals surface area contributed by atoms with Crippen LogP contribution in [0.1, 0.15) is 5.69 Å². The average molecular weight is 257 g/mol. The van der Waals surface area contributed by atoms with Crippen LogP contribution < -0.4 is 11.3 Å². The largest absolute Gasteiger partial charge is 0.308 e. The van der Waals surface area contributed by atoms with Crippen LogP contribution in [0.25, 0.3) is 16.8 Å². The molecule has 0 aliphatic carbocycles. The molecular weight excluding hydrogens is 245 g/mol. The normalized spacial score (nSPS) is 10.9. The van der Waals surface area contributed by atoms with Crippen molar-refractivity contribution in [1.82, 2.24) is 14.6 Å². The van der Waals surface area contributed by atoms with E-state index >= 15 is 0 Å². The number of nitrogens with two attached hydrogens (primary N) is 1. The van der Waals surface area contributed by atoms with Crippen LogP contribution in [0.15, 0.2) is 36.5 Å². The summed E-state index contributed by atoms with van der Waals surface area (Å²) in [5, 5.41) is 4.25. The minimum Gasteiger partial charge on any atom is -0.308 e. The molecule has 2 aromatic heterocycles. The number of hydrazine groups is 1. The van der Waals surface area contributed by atoms with E-state index in [1.807, 2.05) is 6.92 Å². The molecule has 6 heteroatoms. The lowest BCUT2D eigenvalue weighted by molar-refractivity contribution is 0.628. The Morgan fingerprint density at radius 2 is 2.00 bits per heavy atom. The number of aryl methyl sites for hydroxylation is 1. The lowest BCUT2D eigenvalue weighted by atomic mass is 10.1. The number of fused-ring (bicyclic) bond motifs is 1. The van der Waals surface area contributed by atoms with E-state index in [4.69, 9.17) is 5.84 Å². The fourth-order valence-corrected chi connectivity index (χ4v) is 2.02. The third-order valence-electron chi connectivity index (χ3n) is 2.90. The third kappa shape index (κ3) is 1.92. The van der Waals surface area contributed by atoms with Gasteiger partial charge in [-0.2, -0.15) is 9.61 Å². The number of rotatable bonds is 2. The van der Waals surface area contributed by atoms with Crippen LogP contribution in [-0.2, 0) is 0 Å². The minimum atomic E-state index is -0.270. The Bertz CT molecular complexity index is 733. The Morgan fingerprint density at radius 3 is 2.68 bits per heavy atom. The fraction of sp³-hybridized carbons (Fsp3) is 0.0769. The average Bonchev–Trinajstić information content (AvgIpc) is 2.82. The summed E-state index contributed by atoms with van der Waals surface area (Å²) in [7, 11) is 0. The molecule has 96 valence electrons. The summed E-state index contributed by atoms with van der Waals surface area (Å²) in [4.78, 5) is 4.45. The topological polar surface area (TPSA) is 68.2 Å². The van der Waals surface area contributed by atoms with Crippen molar-refractivity contribution in [1.29, 1.82) is 0 Å². The van der Waals surface area contributed by atoms with Crippen molar-refractivity contribution in [2.45, 2.75) is 6.92 Å². The number of hydrogen-bond acceptors (Lipinski definition) is 4. The van der Waals surface area contributed by atoms with Gasteiger partial charge in [-0.1, -0.05) is 12.1 Å². The molecule has 1 aromatic carbocycles. The van der Waals surface area contributed by atoms with Gasteiger partial charge in [0, 0.05) is 17.3 Å². The first-order chi connectivity index (χ1) is 9.19. The predicted octanol–water partition coefficient (Wildman–Crippen LogP) is 2.13. The number of hydrogen-bond donors (Lipinski definition) is 2. The molecular formula is C13H12FN5. The van der Waals surface area contributed by atoms with Crippen LogP contribution >= 0.6 is 0 Å². The minimum absolute atomic E-state index is 0.270. The number of nitrogens with one attached hydrogen (secondary N) is 1. The number of nitrogens with zero attached hydrogens (tertiary/aromatic N) is 3. The smallest absolute Gasteiger partial charge is 0.165 e. The summed E-state index contributed by atoms with van der Waals surface area (Å²) >= 11 is 0. The molecule has 0 aliphatic rings. The number of anilines is 1. The van der Waals surface area contributed by atoms with Crippen LogP contribution in [0.4, 0.5) is 10.2 Å². The van der Waals surface area contributed by atoms with Gasteiger partial charge in [0.05, 0.1) is 6.20 Å². The zero-order valence-corrected chi connectivity index (χ0v) is 10.3. The summed E-state index contributed by atoms with van der Waals surface area (Å²) in [6, 6.07) is 8.03. The molecule has 3 N–H and O–H groups in total. The van der Waals surface area contributed by atoms with Crippen molar-refractivity contribution in [2.24, 2.45) is 5.84 Å². The van der Waals surface area contributed by atoms with Crippen molar-refractivity contribution >= 4 is 11.5 Å². The van der Waals surface area contributed by atoms with Gasteiger partial charge in [0.25, 0.3) is 0 Å². The molecule has 2 heterocycles. The fourth-order valence-electron chi connectivity index (χ4n) is 2.02. The molecule has 0 fully saturated rings.